The number of rotatable bonds is 2. The minimum atomic E-state index is -0.762. The number of aliphatic hydroxyl groups is 1. The minimum Gasteiger partial charge on any atom is -0.379 e. The molecule has 1 heteroatoms. The maximum Gasteiger partial charge on any atom is 0.123 e. The van der Waals surface area contributed by atoms with Gasteiger partial charge in [0.1, 0.15) is 6.10 Å². The molecular formula is C9H12O. The van der Waals surface area contributed by atoms with E-state index in [9.17, 15) is 5.11 Å². The normalized spacial score (nSPS) is 13.0. The predicted octanol–water partition coefficient (Wildman–Crippen LogP) is 1.35. The minimum absolute atomic E-state index is 0.420. The Morgan fingerprint density at radius 2 is 2.20 bits per heavy atom. The maximum absolute atomic E-state index is 9.18. The van der Waals surface area contributed by atoms with E-state index in [1.807, 2.05) is 13.8 Å². The van der Waals surface area contributed by atoms with Crippen molar-refractivity contribution in [3.8, 4) is 12.3 Å². The van der Waals surface area contributed by atoms with Crippen molar-refractivity contribution >= 4 is 0 Å². The third-order valence-corrected chi connectivity index (χ3v) is 1.34. The van der Waals surface area contributed by atoms with Gasteiger partial charge in [0.15, 0.2) is 0 Å². The van der Waals surface area contributed by atoms with E-state index >= 15 is 0 Å². The lowest BCUT2D eigenvalue weighted by molar-refractivity contribution is 0.135. The quantitative estimate of drug-likeness (QED) is 0.448. The summed E-state index contributed by atoms with van der Waals surface area (Å²) < 4.78 is 0. The van der Waals surface area contributed by atoms with Crippen LogP contribution in [0.5, 0.6) is 0 Å². The number of aliphatic hydroxyl groups excluding tert-OH is 1. The van der Waals surface area contributed by atoms with Gasteiger partial charge >= 0.3 is 0 Å². The molecule has 0 bridgehead atoms. The smallest absolute Gasteiger partial charge is 0.123 e. The van der Waals surface area contributed by atoms with Gasteiger partial charge in [0, 0.05) is 5.41 Å². The van der Waals surface area contributed by atoms with Gasteiger partial charge in [-0.25, -0.2) is 0 Å². The standard InChI is InChI=1S/C9H12O/c1-5-7-9(3,4)8(10)6-2/h2,7-8,10H,1H2,3-4H3. The average Bonchev–Trinajstić information content (AvgIpc) is 1.86. The second-order valence-electron chi connectivity index (χ2n) is 2.74. The number of hydrogen-bond donors (Lipinski definition) is 1. The highest BCUT2D eigenvalue weighted by Gasteiger charge is 2.22. The summed E-state index contributed by atoms with van der Waals surface area (Å²) in [5, 5.41) is 9.18. The van der Waals surface area contributed by atoms with Gasteiger partial charge in [-0.15, -0.1) is 12.2 Å². The Morgan fingerprint density at radius 1 is 1.70 bits per heavy atom. The molecular weight excluding hydrogens is 124 g/mol. The van der Waals surface area contributed by atoms with Crippen LogP contribution in [-0.4, -0.2) is 11.2 Å². The molecule has 0 aliphatic rings. The van der Waals surface area contributed by atoms with Crippen LogP contribution in [0.3, 0.4) is 0 Å². The van der Waals surface area contributed by atoms with Crippen molar-refractivity contribution in [2.24, 2.45) is 5.41 Å². The Balaban J connectivity index is 4.42. The van der Waals surface area contributed by atoms with Crippen molar-refractivity contribution in [2.75, 3.05) is 0 Å². The molecule has 0 heterocycles. The van der Waals surface area contributed by atoms with Crippen LogP contribution in [0.15, 0.2) is 18.4 Å². The molecule has 0 rings (SSSR count). The van der Waals surface area contributed by atoms with E-state index < -0.39 is 11.5 Å². The molecule has 0 aromatic heterocycles. The van der Waals surface area contributed by atoms with Crippen LogP contribution in [0.2, 0.25) is 0 Å². The summed E-state index contributed by atoms with van der Waals surface area (Å²) in [5.41, 5.74) is 2.17. The molecule has 54 valence electrons. The molecule has 0 aromatic carbocycles. The van der Waals surface area contributed by atoms with E-state index in [1.165, 1.54) is 0 Å². The molecule has 0 saturated heterocycles. The van der Waals surface area contributed by atoms with E-state index in [1.54, 1.807) is 6.08 Å². The highest BCUT2D eigenvalue weighted by Crippen LogP contribution is 2.20. The van der Waals surface area contributed by atoms with Crippen molar-refractivity contribution in [3.63, 3.8) is 0 Å². The van der Waals surface area contributed by atoms with Gasteiger partial charge in [0.05, 0.1) is 0 Å². The predicted molar refractivity (Wildman–Crippen MR) is 42.3 cm³/mol. The van der Waals surface area contributed by atoms with Gasteiger partial charge in [-0.2, -0.15) is 0 Å². The fourth-order valence-corrected chi connectivity index (χ4v) is 0.557. The van der Waals surface area contributed by atoms with E-state index in [0.29, 0.717) is 0 Å². The first kappa shape index (κ1) is 9.04. The summed E-state index contributed by atoms with van der Waals surface area (Å²) >= 11 is 0. The molecule has 0 spiro atoms. The molecule has 1 nitrogen and oxygen atoms in total. The van der Waals surface area contributed by atoms with Crippen molar-refractivity contribution < 1.29 is 5.11 Å². The topological polar surface area (TPSA) is 20.2 Å². The van der Waals surface area contributed by atoms with Gasteiger partial charge in [-0.1, -0.05) is 26.3 Å². The molecule has 0 aromatic rings. The molecule has 1 N–H and O–H groups in total. The van der Waals surface area contributed by atoms with Crippen molar-refractivity contribution in [1.82, 2.24) is 0 Å². The van der Waals surface area contributed by atoms with Crippen LogP contribution in [0, 0.1) is 17.8 Å². The fraction of sp³-hybridized carbons (Fsp3) is 0.444. The van der Waals surface area contributed by atoms with Crippen molar-refractivity contribution in [3.05, 3.63) is 18.4 Å². The van der Waals surface area contributed by atoms with Gasteiger partial charge in [-0.05, 0) is 6.08 Å². The van der Waals surface area contributed by atoms with Crippen LogP contribution in [-0.2, 0) is 0 Å². The second kappa shape index (κ2) is 3.27. The SMILES string of the molecule is C#CC(O)C(C)(C)C=C=C. The lowest BCUT2D eigenvalue weighted by Crippen LogP contribution is -2.24. The molecule has 0 aliphatic carbocycles. The molecule has 0 amide bonds. The summed E-state index contributed by atoms with van der Waals surface area (Å²) in [6.07, 6.45) is 5.92. The fourth-order valence-electron chi connectivity index (χ4n) is 0.557. The maximum atomic E-state index is 9.18. The van der Waals surface area contributed by atoms with E-state index in [0.717, 1.165) is 0 Å². The Labute approximate surface area is 62.1 Å². The molecule has 1 unspecified atom stereocenters. The lowest BCUT2D eigenvalue weighted by atomic mass is 9.87. The van der Waals surface area contributed by atoms with Crippen LogP contribution < -0.4 is 0 Å². The van der Waals surface area contributed by atoms with Crippen LogP contribution in [0.4, 0.5) is 0 Å². The van der Waals surface area contributed by atoms with Crippen molar-refractivity contribution in [1.29, 1.82) is 0 Å². The summed E-state index contributed by atoms with van der Waals surface area (Å²) in [6.45, 7) is 7.06. The molecule has 0 fully saturated rings. The molecule has 0 radical (unpaired) electrons. The Morgan fingerprint density at radius 3 is 2.50 bits per heavy atom. The highest BCUT2D eigenvalue weighted by atomic mass is 16.3. The van der Waals surface area contributed by atoms with Gasteiger partial charge in [-0.3, -0.25) is 0 Å². The van der Waals surface area contributed by atoms with E-state index in [4.69, 9.17) is 6.42 Å². The zero-order valence-electron chi connectivity index (χ0n) is 6.39. The summed E-state index contributed by atoms with van der Waals surface area (Å²) in [4.78, 5) is 0. The third kappa shape index (κ3) is 2.11. The summed E-state index contributed by atoms with van der Waals surface area (Å²) in [5.74, 6) is 2.25. The van der Waals surface area contributed by atoms with Crippen LogP contribution >= 0.6 is 0 Å². The summed E-state index contributed by atoms with van der Waals surface area (Å²) in [7, 11) is 0. The van der Waals surface area contributed by atoms with Gasteiger partial charge < -0.3 is 5.11 Å². The third-order valence-electron chi connectivity index (χ3n) is 1.34. The monoisotopic (exact) mass is 136 g/mol. The molecule has 1 atom stereocenters. The Bertz CT molecular complexity index is 189. The summed E-state index contributed by atoms with van der Waals surface area (Å²) in [6, 6.07) is 0. The van der Waals surface area contributed by atoms with E-state index in [-0.39, 0.29) is 0 Å². The van der Waals surface area contributed by atoms with E-state index in [2.05, 4.69) is 18.2 Å². The van der Waals surface area contributed by atoms with Crippen LogP contribution in [0.1, 0.15) is 13.8 Å². The number of hydrogen-bond acceptors (Lipinski definition) is 1. The second-order valence-corrected chi connectivity index (χ2v) is 2.74. The van der Waals surface area contributed by atoms with Crippen LogP contribution in [0.25, 0.3) is 0 Å². The lowest BCUT2D eigenvalue weighted by Gasteiger charge is -2.21. The first-order chi connectivity index (χ1) is 4.54. The first-order valence-corrected chi connectivity index (χ1v) is 3.06. The number of terminal acetylenes is 1. The Hall–Kier alpha value is -0.960. The Kier molecular flexibility index (Phi) is 2.96. The zero-order chi connectivity index (χ0) is 8.20. The first-order valence-electron chi connectivity index (χ1n) is 3.06. The van der Waals surface area contributed by atoms with Crippen molar-refractivity contribution in [2.45, 2.75) is 20.0 Å². The molecule has 10 heavy (non-hydrogen) atoms. The van der Waals surface area contributed by atoms with Gasteiger partial charge in [0.25, 0.3) is 0 Å². The highest BCUT2D eigenvalue weighted by molar-refractivity contribution is 5.08. The molecule has 0 saturated carbocycles. The van der Waals surface area contributed by atoms with Gasteiger partial charge in [0.2, 0.25) is 0 Å². The average molecular weight is 136 g/mol. The molecule has 0 aliphatic heterocycles. The zero-order valence-corrected chi connectivity index (χ0v) is 6.39. The largest absolute Gasteiger partial charge is 0.379 e.